The van der Waals surface area contributed by atoms with E-state index < -0.39 is 40.7 Å². The van der Waals surface area contributed by atoms with E-state index in [9.17, 15) is 19.7 Å². The van der Waals surface area contributed by atoms with Gasteiger partial charge in [-0.25, -0.2) is 13.6 Å². The molecule has 6 nitrogen and oxygen atoms in total. The van der Waals surface area contributed by atoms with Gasteiger partial charge in [-0.3, -0.25) is 0 Å². The number of amides is 1. The van der Waals surface area contributed by atoms with Crippen molar-refractivity contribution in [2.75, 3.05) is 6.61 Å². The Balaban J connectivity index is 2.71. The van der Waals surface area contributed by atoms with Crippen molar-refractivity contribution >= 4 is 6.09 Å². The fourth-order valence-electron chi connectivity index (χ4n) is 3.57. The average molecular weight is 417 g/mol. The predicted molar refractivity (Wildman–Crippen MR) is 105 cm³/mol. The van der Waals surface area contributed by atoms with Crippen molar-refractivity contribution in [2.24, 2.45) is 5.92 Å². The molecular weight excluding hydrogens is 392 g/mol. The largest absolute Gasteiger partial charge is 0.444 e. The standard InChI is InChI=1S/C22H25F2N3O3/c1-20(2,3)30-19(28)27-22(15-8-6-7-9-17(15)23)13-29-18(21(4,5)24)16(22)10-14(11-25)12-26/h6-10,16,18H,13H2,1-5H3,(H,27,28)/t16-,18+,22-/m1/s1. The molecule has 1 fully saturated rings. The number of hydrogen-bond acceptors (Lipinski definition) is 5. The normalized spacial score (nSPS) is 23.8. The second-order valence-corrected chi connectivity index (χ2v) is 8.70. The summed E-state index contributed by atoms with van der Waals surface area (Å²) in [5.41, 5.74) is -4.61. The molecule has 2 rings (SSSR count). The lowest BCUT2D eigenvalue weighted by molar-refractivity contribution is -0.0171. The quantitative estimate of drug-likeness (QED) is 0.738. The zero-order valence-electron chi connectivity index (χ0n) is 17.6. The summed E-state index contributed by atoms with van der Waals surface area (Å²) in [6.07, 6.45) is -0.799. The van der Waals surface area contributed by atoms with Crippen molar-refractivity contribution in [3.8, 4) is 12.1 Å². The molecule has 3 atom stereocenters. The highest BCUT2D eigenvalue weighted by Crippen LogP contribution is 2.46. The molecule has 0 radical (unpaired) electrons. The minimum atomic E-state index is -1.92. The molecule has 0 aromatic heterocycles. The summed E-state index contributed by atoms with van der Waals surface area (Å²) in [7, 11) is 0. The lowest BCUT2D eigenvalue weighted by Gasteiger charge is -2.37. The van der Waals surface area contributed by atoms with Gasteiger partial charge in [0.2, 0.25) is 0 Å². The summed E-state index contributed by atoms with van der Waals surface area (Å²) in [5.74, 6) is -1.71. The third-order valence-corrected chi connectivity index (χ3v) is 4.73. The van der Waals surface area contributed by atoms with E-state index in [4.69, 9.17) is 9.47 Å². The summed E-state index contributed by atoms with van der Waals surface area (Å²) in [6.45, 7) is 7.28. The number of alkyl halides is 1. The number of hydrogen-bond donors (Lipinski definition) is 1. The smallest absolute Gasteiger partial charge is 0.408 e. The molecule has 8 heteroatoms. The topological polar surface area (TPSA) is 95.1 Å². The molecule has 1 N–H and O–H groups in total. The maximum Gasteiger partial charge on any atom is 0.408 e. The highest BCUT2D eigenvalue weighted by molar-refractivity contribution is 5.70. The van der Waals surface area contributed by atoms with Gasteiger partial charge in [-0.2, -0.15) is 10.5 Å². The molecule has 1 heterocycles. The van der Waals surface area contributed by atoms with Crippen LogP contribution in [0.15, 0.2) is 35.9 Å². The van der Waals surface area contributed by atoms with Crippen LogP contribution in [0.3, 0.4) is 0 Å². The molecule has 30 heavy (non-hydrogen) atoms. The number of allylic oxidation sites excluding steroid dienone is 1. The van der Waals surface area contributed by atoms with Crippen molar-refractivity contribution in [1.29, 1.82) is 10.5 Å². The van der Waals surface area contributed by atoms with Gasteiger partial charge in [0.1, 0.15) is 46.4 Å². The van der Waals surface area contributed by atoms with Crippen LogP contribution in [0.4, 0.5) is 13.6 Å². The summed E-state index contributed by atoms with van der Waals surface area (Å²) in [4.78, 5) is 12.7. The van der Waals surface area contributed by atoms with E-state index in [0.29, 0.717) is 0 Å². The van der Waals surface area contributed by atoms with Crippen LogP contribution >= 0.6 is 0 Å². The van der Waals surface area contributed by atoms with Gasteiger partial charge in [0, 0.05) is 11.5 Å². The Hall–Kier alpha value is -2.97. The number of nitrogens with one attached hydrogen (secondary N) is 1. The number of carbonyl (C=O) groups excluding carboxylic acids is 1. The Kier molecular flexibility index (Phi) is 6.54. The average Bonchev–Trinajstić information content (AvgIpc) is 2.97. The molecule has 1 aromatic carbocycles. The van der Waals surface area contributed by atoms with Crippen molar-refractivity contribution in [3.63, 3.8) is 0 Å². The van der Waals surface area contributed by atoms with Gasteiger partial charge in [-0.1, -0.05) is 18.2 Å². The molecule has 0 spiro atoms. The van der Waals surface area contributed by atoms with Gasteiger partial charge < -0.3 is 14.8 Å². The number of halogens is 2. The minimum absolute atomic E-state index is 0.0408. The summed E-state index contributed by atoms with van der Waals surface area (Å²) >= 11 is 0. The molecule has 1 amide bonds. The van der Waals surface area contributed by atoms with Gasteiger partial charge in [0.25, 0.3) is 0 Å². The maximum absolute atomic E-state index is 15.0. The van der Waals surface area contributed by atoms with Crippen LogP contribution in [-0.2, 0) is 15.0 Å². The SMILES string of the molecule is CC(C)(C)OC(=O)N[C@@]1(c2ccccc2F)CO[C@H](C(C)(C)F)[C@H]1C=C(C#N)C#N. The first-order valence-corrected chi connectivity index (χ1v) is 9.43. The summed E-state index contributed by atoms with van der Waals surface area (Å²) in [5, 5.41) is 21.1. The molecule has 0 saturated carbocycles. The molecule has 160 valence electrons. The van der Waals surface area contributed by atoms with E-state index in [-0.39, 0.29) is 17.7 Å². The Labute approximate surface area is 175 Å². The fraction of sp³-hybridized carbons (Fsp3) is 0.500. The number of carbonyl (C=O) groups is 1. The Morgan fingerprint density at radius 2 is 1.87 bits per heavy atom. The highest BCUT2D eigenvalue weighted by atomic mass is 19.1. The van der Waals surface area contributed by atoms with Crippen LogP contribution in [0.2, 0.25) is 0 Å². The highest BCUT2D eigenvalue weighted by Gasteiger charge is 2.57. The van der Waals surface area contributed by atoms with Crippen LogP contribution in [0.5, 0.6) is 0 Å². The third-order valence-electron chi connectivity index (χ3n) is 4.73. The van der Waals surface area contributed by atoms with E-state index in [1.165, 1.54) is 38.1 Å². The Morgan fingerprint density at radius 3 is 2.37 bits per heavy atom. The lowest BCUT2D eigenvalue weighted by Crippen LogP contribution is -2.54. The van der Waals surface area contributed by atoms with Crippen molar-refractivity contribution < 1.29 is 23.0 Å². The second-order valence-electron chi connectivity index (χ2n) is 8.70. The molecule has 1 saturated heterocycles. The number of benzene rings is 1. The lowest BCUT2D eigenvalue weighted by atomic mass is 9.74. The number of alkyl carbamates (subject to hydrolysis) is 1. The van der Waals surface area contributed by atoms with E-state index in [2.05, 4.69) is 5.32 Å². The first-order chi connectivity index (χ1) is 13.8. The summed E-state index contributed by atoms with van der Waals surface area (Å²) in [6, 6.07) is 9.16. The van der Waals surface area contributed by atoms with E-state index in [0.717, 1.165) is 0 Å². The molecule has 1 aliphatic rings. The van der Waals surface area contributed by atoms with Crippen molar-refractivity contribution in [1.82, 2.24) is 5.32 Å². The summed E-state index contributed by atoms with van der Waals surface area (Å²) < 4.78 is 40.9. The van der Waals surface area contributed by atoms with Crippen LogP contribution in [0.1, 0.15) is 40.2 Å². The van der Waals surface area contributed by atoms with Crippen LogP contribution in [-0.4, -0.2) is 30.1 Å². The maximum atomic E-state index is 15.0. The number of nitrogens with zero attached hydrogens (tertiary/aromatic N) is 2. The Morgan fingerprint density at radius 1 is 1.27 bits per heavy atom. The van der Waals surface area contributed by atoms with Crippen LogP contribution < -0.4 is 5.32 Å². The van der Waals surface area contributed by atoms with E-state index in [1.807, 2.05) is 0 Å². The predicted octanol–water partition coefficient (Wildman–Crippen LogP) is 4.28. The van der Waals surface area contributed by atoms with Crippen molar-refractivity contribution in [3.05, 3.63) is 47.3 Å². The van der Waals surface area contributed by atoms with Gasteiger partial charge in [0.15, 0.2) is 0 Å². The van der Waals surface area contributed by atoms with Crippen LogP contribution in [0.25, 0.3) is 0 Å². The van der Waals surface area contributed by atoms with Crippen molar-refractivity contribution in [2.45, 2.75) is 57.5 Å². The molecule has 0 unspecified atom stereocenters. The minimum Gasteiger partial charge on any atom is -0.444 e. The number of rotatable bonds is 4. The number of ether oxygens (including phenoxy) is 2. The van der Waals surface area contributed by atoms with Gasteiger partial charge >= 0.3 is 6.09 Å². The molecule has 0 bridgehead atoms. The molecule has 0 aliphatic carbocycles. The Bertz CT molecular complexity index is 903. The zero-order valence-corrected chi connectivity index (χ0v) is 17.6. The zero-order chi connectivity index (χ0) is 22.7. The van der Waals surface area contributed by atoms with E-state index in [1.54, 1.807) is 39.0 Å². The first kappa shape index (κ1) is 23.3. The van der Waals surface area contributed by atoms with Gasteiger partial charge in [-0.05, 0) is 46.8 Å². The van der Waals surface area contributed by atoms with E-state index >= 15 is 4.39 Å². The molecule has 1 aliphatic heterocycles. The van der Waals surface area contributed by atoms with Gasteiger partial charge in [0.05, 0.1) is 6.61 Å². The number of nitriles is 2. The monoisotopic (exact) mass is 417 g/mol. The second kappa shape index (κ2) is 8.41. The molecule has 1 aromatic rings. The molecular formula is C22H25F2N3O3. The van der Waals surface area contributed by atoms with Gasteiger partial charge in [-0.15, -0.1) is 0 Å². The fourth-order valence-corrected chi connectivity index (χ4v) is 3.57. The third kappa shape index (κ3) is 4.95. The first-order valence-electron chi connectivity index (χ1n) is 9.43. The van der Waals surface area contributed by atoms with Crippen LogP contribution in [0, 0.1) is 34.4 Å².